The third kappa shape index (κ3) is 3.25. The van der Waals surface area contributed by atoms with Gasteiger partial charge in [-0.3, -0.25) is 9.89 Å². The van der Waals surface area contributed by atoms with Gasteiger partial charge in [0.2, 0.25) is 0 Å². The Kier molecular flexibility index (Phi) is 4.34. The van der Waals surface area contributed by atoms with Gasteiger partial charge < -0.3 is 10.4 Å². The minimum absolute atomic E-state index is 0.239. The minimum Gasteiger partial charge on any atom is -0.480 e. The quantitative estimate of drug-likeness (QED) is 0.793. The van der Waals surface area contributed by atoms with Crippen LogP contribution in [0.5, 0.6) is 0 Å². The number of carbonyl (C=O) groups excluding carboxylic acids is 1. The summed E-state index contributed by atoms with van der Waals surface area (Å²) in [6.45, 7) is 6.10. The number of amides is 1. The second-order valence-corrected chi connectivity index (χ2v) is 6.39. The lowest BCUT2D eigenvalue weighted by Gasteiger charge is -2.36. The molecule has 6 heteroatoms. The molecule has 1 amide bonds. The van der Waals surface area contributed by atoms with Gasteiger partial charge in [0, 0.05) is 5.69 Å². The van der Waals surface area contributed by atoms with E-state index < -0.39 is 17.4 Å². The number of nitrogens with zero attached hydrogens (tertiary/aromatic N) is 1. The van der Waals surface area contributed by atoms with Crippen LogP contribution in [0.25, 0.3) is 0 Å². The van der Waals surface area contributed by atoms with Crippen LogP contribution in [-0.4, -0.2) is 32.7 Å². The van der Waals surface area contributed by atoms with E-state index in [2.05, 4.69) is 22.4 Å². The number of carboxylic acid groups (broad SMARTS) is 1. The molecule has 1 fully saturated rings. The van der Waals surface area contributed by atoms with E-state index in [9.17, 15) is 14.7 Å². The van der Waals surface area contributed by atoms with Crippen molar-refractivity contribution in [2.24, 2.45) is 5.92 Å². The number of aromatic nitrogens is 2. The first-order valence-corrected chi connectivity index (χ1v) is 7.45. The second kappa shape index (κ2) is 5.87. The maximum Gasteiger partial charge on any atom is 0.329 e. The largest absolute Gasteiger partial charge is 0.480 e. The van der Waals surface area contributed by atoms with E-state index in [4.69, 9.17) is 0 Å². The number of H-pyrrole nitrogens is 1. The van der Waals surface area contributed by atoms with Crippen LogP contribution < -0.4 is 5.32 Å². The molecule has 0 bridgehead atoms. The van der Waals surface area contributed by atoms with Crippen molar-refractivity contribution < 1.29 is 14.7 Å². The van der Waals surface area contributed by atoms with Crippen LogP contribution in [0.4, 0.5) is 0 Å². The summed E-state index contributed by atoms with van der Waals surface area (Å²) in [5, 5.41) is 19.0. The van der Waals surface area contributed by atoms with Crippen molar-refractivity contribution in [2.75, 3.05) is 0 Å². The summed E-state index contributed by atoms with van der Waals surface area (Å²) in [4.78, 5) is 23.9. The zero-order chi connectivity index (χ0) is 15.6. The Morgan fingerprint density at radius 3 is 2.52 bits per heavy atom. The molecule has 116 valence electrons. The minimum atomic E-state index is -1.15. The SMILES string of the molecule is CC1CCC(NC(=O)c2cc(C(C)C)[nH]n2)(C(=O)O)CC1. The fourth-order valence-corrected chi connectivity index (χ4v) is 2.68. The summed E-state index contributed by atoms with van der Waals surface area (Å²) < 4.78 is 0. The van der Waals surface area contributed by atoms with Gasteiger partial charge >= 0.3 is 5.97 Å². The normalized spacial score (nSPS) is 25.8. The number of aliphatic carboxylic acids is 1. The molecule has 0 aromatic carbocycles. The smallest absolute Gasteiger partial charge is 0.329 e. The van der Waals surface area contributed by atoms with E-state index >= 15 is 0 Å². The zero-order valence-corrected chi connectivity index (χ0v) is 12.8. The van der Waals surface area contributed by atoms with Gasteiger partial charge in [-0.25, -0.2) is 4.79 Å². The average Bonchev–Trinajstić information content (AvgIpc) is 2.91. The topological polar surface area (TPSA) is 95.1 Å². The molecule has 0 radical (unpaired) electrons. The molecule has 2 rings (SSSR count). The fraction of sp³-hybridized carbons (Fsp3) is 0.667. The Bertz CT molecular complexity index is 528. The molecule has 1 aliphatic rings. The first-order valence-electron chi connectivity index (χ1n) is 7.45. The molecular formula is C15H23N3O3. The highest BCUT2D eigenvalue weighted by atomic mass is 16.4. The fourth-order valence-electron chi connectivity index (χ4n) is 2.68. The lowest BCUT2D eigenvalue weighted by molar-refractivity contribution is -0.146. The average molecular weight is 293 g/mol. The third-order valence-corrected chi connectivity index (χ3v) is 4.34. The van der Waals surface area contributed by atoms with Crippen LogP contribution >= 0.6 is 0 Å². The van der Waals surface area contributed by atoms with Crippen LogP contribution in [0.15, 0.2) is 6.07 Å². The Hall–Kier alpha value is -1.85. The van der Waals surface area contributed by atoms with Gasteiger partial charge in [0.15, 0.2) is 0 Å². The lowest BCUT2D eigenvalue weighted by atomic mass is 9.77. The highest BCUT2D eigenvalue weighted by Gasteiger charge is 2.42. The van der Waals surface area contributed by atoms with E-state index in [1.165, 1.54) is 0 Å². The van der Waals surface area contributed by atoms with Crippen LogP contribution in [0, 0.1) is 5.92 Å². The third-order valence-electron chi connectivity index (χ3n) is 4.34. The molecule has 3 N–H and O–H groups in total. The lowest BCUT2D eigenvalue weighted by Crippen LogP contribution is -2.56. The van der Waals surface area contributed by atoms with Crippen molar-refractivity contribution in [2.45, 2.75) is 57.9 Å². The molecule has 0 saturated heterocycles. The van der Waals surface area contributed by atoms with Gasteiger partial charge in [0.25, 0.3) is 5.91 Å². The number of nitrogens with one attached hydrogen (secondary N) is 2. The Morgan fingerprint density at radius 2 is 2.05 bits per heavy atom. The molecule has 21 heavy (non-hydrogen) atoms. The Balaban J connectivity index is 2.13. The van der Waals surface area contributed by atoms with Gasteiger partial charge in [0.1, 0.15) is 11.2 Å². The maximum absolute atomic E-state index is 12.3. The van der Waals surface area contributed by atoms with Gasteiger partial charge in [-0.1, -0.05) is 20.8 Å². The summed E-state index contributed by atoms with van der Waals surface area (Å²) in [6.07, 6.45) is 2.56. The van der Waals surface area contributed by atoms with Crippen LogP contribution in [0.1, 0.15) is 68.6 Å². The van der Waals surface area contributed by atoms with Crippen molar-refractivity contribution in [3.05, 3.63) is 17.5 Å². The van der Waals surface area contributed by atoms with Crippen molar-refractivity contribution in [3.63, 3.8) is 0 Å². The van der Waals surface area contributed by atoms with Crippen molar-refractivity contribution >= 4 is 11.9 Å². The van der Waals surface area contributed by atoms with Gasteiger partial charge in [-0.05, 0) is 43.6 Å². The van der Waals surface area contributed by atoms with Gasteiger partial charge in [-0.2, -0.15) is 5.10 Å². The van der Waals surface area contributed by atoms with Crippen molar-refractivity contribution in [3.8, 4) is 0 Å². The molecule has 1 aliphatic carbocycles. The van der Waals surface area contributed by atoms with E-state index in [1.54, 1.807) is 6.07 Å². The highest BCUT2D eigenvalue weighted by molar-refractivity contribution is 5.96. The molecule has 6 nitrogen and oxygen atoms in total. The first kappa shape index (κ1) is 15.5. The summed E-state index contributed by atoms with van der Waals surface area (Å²) in [5.74, 6) is -0.632. The molecule has 1 heterocycles. The van der Waals surface area contributed by atoms with Crippen LogP contribution in [0.3, 0.4) is 0 Å². The predicted molar refractivity (Wildman–Crippen MR) is 78.1 cm³/mol. The first-order chi connectivity index (χ1) is 9.84. The van der Waals surface area contributed by atoms with Gasteiger partial charge in [0.05, 0.1) is 0 Å². The Labute approximate surface area is 124 Å². The number of hydrogen-bond acceptors (Lipinski definition) is 3. The Morgan fingerprint density at radius 1 is 1.43 bits per heavy atom. The number of hydrogen-bond donors (Lipinski definition) is 3. The number of carboxylic acids is 1. The van der Waals surface area contributed by atoms with E-state index in [0.29, 0.717) is 18.8 Å². The summed E-state index contributed by atoms with van der Waals surface area (Å²) >= 11 is 0. The van der Waals surface area contributed by atoms with E-state index in [-0.39, 0.29) is 11.6 Å². The highest BCUT2D eigenvalue weighted by Crippen LogP contribution is 2.32. The second-order valence-electron chi connectivity index (χ2n) is 6.39. The van der Waals surface area contributed by atoms with E-state index in [0.717, 1.165) is 18.5 Å². The molecular weight excluding hydrogens is 270 g/mol. The van der Waals surface area contributed by atoms with Crippen molar-refractivity contribution in [1.82, 2.24) is 15.5 Å². The van der Waals surface area contributed by atoms with E-state index in [1.807, 2.05) is 13.8 Å². The summed E-state index contributed by atoms with van der Waals surface area (Å²) in [6, 6.07) is 1.68. The number of aromatic amines is 1. The standard InChI is InChI=1S/C15H23N3O3/c1-9(2)11-8-12(18-17-11)13(19)16-15(14(20)21)6-4-10(3)5-7-15/h8-10H,4-7H2,1-3H3,(H,16,19)(H,17,18)(H,20,21). The monoisotopic (exact) mass is 293 g/mol. The maximum atomic E-state index is 12.3. The number of carbonyl (C=O) groups is 2. The molecule has 1 aromatic rings. The zero-order valence-electron chi connectivity index (χ0n) is 12.8. The molecule has 0 aliphatic heterocycles. The predicted octanol–water partition coefficient (Wildman–Crippen LogP) is 2.30. The molecule has 1 aromatic heterocycles. The van der Waals surface area contributed by atoms with Crippen LogP contribution in [-0.2, 0) is 4.79 Å². The number of rotatable bonds is 4. The molecule has 0 spiro atoms. The van der Waals surface area contributed by atoms with Crippen molar-refractivity contribution in [1.29, 1.82) is 0 Å². The summed E-state index contributed by atoms with van der Waals surface area (Å²) in [7, 11) is 0. The molecule has 0 unspecified atom stereocenters. The summed E-state index contributed by atoms with van der Waals surface area (Å²) in [5.41, 5.74) is -0.0414. The van der Waals surface area contributed by atoms with Crippen LogP contribution in [0.2, 0.25) is 0 Å². The van der Waals surface area contributed by atoms with Gasteiger partial charge in [-0.15, -0.1) is 0 Å². The molecule has 1 saturated carbocycles. The molecule has 0 atom stereocenters.